The number of carbonyl (C=O) groups excluding carboxylic acids is 2. The van der Waals surface area contributed by atoms with Crippen molar-refractivity contribution < 1.29 is 38.4 Å². The quantitative estimate of drug-likeness (QED) is 0.540. The Morgan fingerprint density at radius 1 is 0.952 bits per heavy atom. The van der Waals surface area contributed by atoms with Crippen LogP contribution in [-0.4, -0.2) is 76.0 Å². The highest BCUT2D eigenvalue weighted by atomic mass is 16.6. The Balaban J connectivity index is 4.90. The van der Waals surface area contributed by atoms with Gasteiger partial charge in [0, 0.05) is 35.2 Å². The van der Waals surface area contributed by atoms with Crippen molar-refractivity contribution in [2.45, 2.75) is 38.3 Å². The molecule has 0 aliphatic rings. The van der Waals surface area contributed by atoms with Crippen LogP contribution in [0.4, 0.5) is 0 Å². The fraction of sp³-hybridized carbons (Fsp3) is 0.846. The summed E-state index contributed by atoms with van der Waals surface area (Å²) in [6, 6.07) is 0. The molecule has 1 N–H and O–H groups in total. The molecule has 0 rings (SSSR count). The maximum Gasteiger partial charge on any atom is 0.303 e. The molecule has 0 saturated carbocycles. The van der Waals surface area contributed by atoms with Crippen LogP contribution < -0.4 is 0 Å². The summed E-state index contributed by atoms with van der Waals surface area (Å²) in [7, 11) is 4.17. The highest BCUT2D eigenvalue weighted by molar-refractivity contribution is 5.66. The topological polar surface area (TPSA) is 101 Å². The van der Waals surface area contributed by atoms with Crippen molar-refractivity contribution in [2.24, 2.45) is 0 Å². The smallest absolute Gasteiger partial charge is 0.303 e. The van der Waals surface area contributed by atoms with E-state index < -0.39 is 36.4 Å². The predicted octanol–water partition coefficient (Wildman–Crippen LogP) is -0.481. The van der Waals surface area contributed by atoms with Gasteiger partial charge in [-0.2, -0.15) is 0 Å². The molecule has 0 unspecified atom stereocenters. The highest BCUT2D eigenvalue weighted by Gasteiger charge is 2.36. The van der Waals surface area contributed by atoms with E-state index in [4.69, 9.17) is 23.7 Å². The Morgan fingerprint density at radius 3 is 1.95 bits per heavy atom. The number of carbonyl (C=O) groups is 2. The second-order valence-corrected chi connectivity index (χ2v) is 4.37. The monoisotopic (exact) mass is 308 g/mol. The van der Waals surface area contributed by atoms with Crippen molar-refractivity contribution in [3.05, 3.63) is 0 Å². The van der Waals surface area contributed by atoms with Gasteiger partial charge in [-0.05, 0) is 0 Å². The third-order valence-electron chi connectivity index (χ3n) is 2.76. The number of esters is 2. The van der Waals surface area contributed by atoms with E-state index in [0.29, 0.717) is 0 Å². The van der Waals surface area contributed by atoms with Crippen LogP contribution in [0.2, 0.25) is 0 Å². The van der Waals surface area contributed by atoms with Crippen molar-refractivity contribution in [3.8, 4) is 0 Å². The van der Waals surface area contributed by atoms with Crippen molar-refractivity contribution in [3.63, 3.8) is 0 Å². The zero-order chi connectivity index (χ0) is 16.4. The van der Waals surface area contributed by atoms with E-state index >= 15 is 0 Å². The molecular formula is C13H24O8. The summed E-state index contributed by atoms with van der Waals surface area (Å²) in [5.74, 6) is -1.03. The van der Waals surface area contributed by atoms with Crippen LogP contribution in [0.5, 0.6) is 0 Å². The van der Waals surface area contributed by atoms with E-state index in [1.54, 1.807) is 0 Å². The van der Waals surface area contributed by atoms with Crippen LogP contribution in [0.25, 0.3) is 0 Å². The van der Waals surface area contributed by atoms with Gasteiger partial charge in [0.25, 0.3) is 0 Å². The lowest BCUT2D eigenvalue weighted by Gasteiger charge is -2.32. The number of rotatable bonds is 10. The molecule has 4 atom stereocenters. The first-order valence-electron chi connectivity index (χ1n) is 6.40. The van der Waals surface area contributed by atoms with Crippen molar-refractivity contribution in [1.82, 2.24) is 0 Å². The van der Waals surface area contributed by atoms with Crippen LogP contribution in [0, 0.1) is 0 Å². The lowest BCUT2D eigenvalue weighted by atomic mass is 10.0. The van der Waals surface area contributed by atoms with Gasteiger partial charge in [0.2, 0.25) is 0 Å². The fourth-order valence-corrected chi connectivity index (χ4v) is 1.80. The standard InChI is InChI=1S/C13H24O8/c1-8(14)20-7-11(18-4)13(19-5)12(16)10(6-17-3)21-9(2)15/h10-13,16H,6-7H2,1-5H3/t10-,11+,12+,13-/m1/s1. The molecule has 0 aromatic carbocycles. The van der Waals surface area contributed by atoms with Crippen molar-refractivity contribution in [2.75, 3.05) is 34.5 Å². The zero-order valence-corrected chi connectivity index (χ0v) is 13.0. The number of aliphatic hydroxyl groups excluding tert-OH is 1. The summed E-state index contributed by atoms with van der Waals surface area (Å²) in [4.78, 5) is 21.9. The first kappa shape index (κ1) is 19.8. The summed E-state index contributed by atoms with van der Waals surface area (Å²) in [6.45, 7) is 2.38. The minimum atomic E-state index is -1.21. The molecule has 0 aromatic rings. The normalized spacial score (nSPS) is 16.7. The largest absolute Gasteiger partial charge is 0.463 e. The van der Waals surface area contributed by atoms with E-state index in [9.17, 15) is 14.7 Å². The van der Waals surface area contributed by atoms with Gasteiger partial charge in [-0.1, -0.05) is 0 Å². The zero-order valence-electron chi connectivity index (χ0n) is 13.0. The van der Waals surface area contributed by atoms with Crippen LogP contribution in [0.15, 0.2) is 0 Å². The average Bonchev–Trinajstić information content (AvgIpc) is 2.41. The Hall–Kier alpha value is -1.22. The lowest BCUT2D eigenvalue weighted by Crippen LogP contribution is -2.50. The first-order valence-corrected chi connectivity index (χ1v) is 6.40. The second-order valence-electron chi connectivity index (χ2n) is 4.37. The van der Waals surface area contributed by atoms with Crippen LogP contribution >= 0.6 is 0 Å². The van der Waals surface area contributed by atoms with Gasteiger partial charge in [0.1, 0.15) is 24.9 Å². The van der Waals surface area contributed by atoms with Crippen LogP contribution in [0.1, 0.15) is 13.8 Å². The maximum atomic E-state index is 11.1. The summed E-state index contributed by atoms with van der Waals surface area (Å²) in [6.07, 6.45) is -3.72. The van der Waals surface area contributed by atoms with Gasteiger partial charge < -0.3 is 28.8 Å². The van der Waals surface area contributed by atoms with Gasteiger partial charge in [0.15, 0.2) is 6.10 Å². The molecule has 21 heavy (non-hydrogen) atoms. The summed E-state index contributed by atoms with van der Waals surface area (Å²) < 4.78 is 25.1. The highest BCUT2D eigenvalue weighted by Crippen LogP contribution is 2.15. The summed E-state index contributed by atoms with van der Waals surface area (Å²) in [5, 5.41) is 10.3. The molecule has 0 amide bonds. The molecule has 8 heteroatoms. The van der Waals surface area contributed by atoms with Crippen LogP contribution in [0.3, 0.4) is 0 Å². The fourth-order valence-electron chi connectivity index (χ4n) is 1.80. The van der Waals surface area contributed by atoms with Gasteiger partial charge in [0.05, 0.1) is 6.61 Å². The van der Waals surface area contributed by atoms with Gasteiger partial charge in [-0.25, -0.2) is 0 Å². The Labute approximate surface area is 124 Å². The SMILES string of the molecule is COC[C@@H](OC(C)=O)[C@H](O)[C@H](OC)[C@H](COC(C)=O)OC. The van der Waals surface area contributed by atoms with E-state index in [-0.39, 0.29) is 13.2 Å². The molecule has 0 spiro atoms. The second kappa shape index (κ2) is 10.5. The van der Waals surface area contributed by atoms with Gasteiger partial charge >= 0.3 is 11.9 Å². The number of hydrogen-bond donors (Lipinski definition) is 1. The molecule has 0 fully saturated rings. The Bertz CT molecular complexity index is 319. The molecule has 0 aliphatic heterocycles. The molecule has 8 nitrogen and oxygen atoms in total. The predicted molar refractivity (Wildman–Crippen MR) is 71.7 cm³/mol. The molecular weight excluding hydrogens is 284 g/mol. The lowest BCUT2D eigenvalue weighted by molar-refractivity contribution is -0.179. The molecule has 0 aromatic heterocycles. The number of ether oxygens (including phenoxy) is 5. The maximum absolute atomic E-state index is 11.1. The molecule has 0 bridgehead atoms. The molecule has 0 saturated heterocycles. The van der Waals surface area contributed by atoms with Crippen molar-refractivity contribution in [1.29, 1.82) is 0 Å². The van der Waals surface area contributed by atoms with Gasteiger partial charge in [-0.3, -0.25) is 9.59 Å². The number of hydrogen-bond acceptors (Lipinski definition) is 8. The van der Waals surface area contributed by atoms with Gasteiger partial charge in [-0.15, -0.1) is 0 Å². The summed E-state index contributed by atoms with van der Waals surface area (Å²) in [5.41, 5.74) is 0. The number of aliphatic hydroxyl groups is 1. The molecule has 0 heterocycles. The van der Waals surface area contributed by atoms with E-state index in [2.05, 4.69) is 0 Å². The van der Waals surface area contributed by atoms with E-state index in [1.807, 2.05) is 0 Å². The molecule has 0 aliphatic carbocycles. The number of methoxy groups -OCH3 is 3. The first-order chi connectivity index (χ1) is 9.87. The Kier molecular flexibility index (Phi) is 9.89. The molecule has 0 radical (unpaired) electrons. The van der Waals surface area contributed by atoms with E-state index in [0.717, 1.165) is 0 Å². The minimum Gasteiger partial charge on any atom is -0.463 e. The third-order valence-corrected chi connectivity index (χ3v) is 2.76. The van der Waals surface area contributed by atoms with Crippen molar-refractivity contribution >= 4 is 11.9 Å². The Morgan fingerprint density at radius 2 is 1.57 bits per heavy atom. The van der Waals surface area contributed by atoms with Crippen LogP contribution in [-0.2, 0) is 33.3 Å². The minimum absolute atomic E-state index is 0.00932. The average molecular weight is 308 g/mol. The van der Waals surface area contributed by atoms with E-state index in [1.165, 1.54) is 35.2 Å². The third kappa shape index (κ3) is 7.37. The summed E-state index contributed by atoms with van der Waals surface area (Å²) >= 11 is 0. The molecule has 124 valence electrons.